The SMILES string of the molecule is COc1cc2c(cc1OC)CN(c1ccnc(N[C@@H](CO)C(C)C)n1)CC2. The number of benzene rings is 1. The van der Waals surface area contributed by atoms with Gasteiger partial charge in [0.05, 0.1) is 26.9 Å². The molecule has 0 bridgehead atoms. The summed E-state index contributed by atoms with van der Waals surface area (Å²) in [7, 11) is 3.31. The van der Waals surface area contributed by atoms with Crippen molar-refractivity contribution in [2.24, 2.45) is 5.92 Å². The fourth-order valence-corrected chi connectivity index (χ4v) is 3.26. The van der Waals surface area contributed by atoms with Crippen molar-refractivity contribution in [3.8, 4) is 11.5 Å². The Bertz CT molecular complexity index is 782. The average molecular weight is 372 g/mol. The number of hydrogen-bond acceptors (Lipinski definition) is 7. The van der Waals surface area contributed by atoms with Crippen LogP contribution in [0.25, 0.3) is 0 Å². The molecule has 27 heavy (non-hydrogen) atoms. The number of nitrogens with one attached hydrogen (secondary N) is 1. The van der Waals surface area contributed by atoms with Crippen LogP contribution >= 0.6 is 0 Å². The zero-order chi connectivity index (χ0) is 19.4. The van der Waals surface area contributed by atoms with Crippen molar-refractivity contribution >= 4 is 11.8 Å². The van der Waals surface area contributed by atoms with Crippen LogP contribution in [-0.4, -0.2) is 48.5 Å². The molecule has 7 nitrogen and oxygen atoms in total. The zero-order valence-corrected chi connectivity index (χ0v) is 16.4. The molecule has 0 spiro atoms. The minimum Gasteiger partial charge on any atom is -0.493 e. The molecule has 1 aliphatic rings. The smallest absolute Gasteiger partial charge is 0.224 e. The van der Waals surface area contributed by atoms with Crippen molar-refractivity contribution in [2.75, 3.05) is 37.6 Å². The summed E-state index contributed by atoms with van der Waals surface area (Å²) < 4.78 is 10.8. The molecule has 0 saturated heterocycles. The Kier molecular flexibility index (Phi) is 6.01. The first-order valence-corrected chi connectivity index (χ1v) is 9.24. The summed E-state index contributed by atoms with van der Waals surface area (Å²) in [6, 6.07) is 5.95. The van der Waals surface area contributed by atoms with E-state index in [1.807, 2.05) is 12.1 Å². The molecule has 146 valence electrons. The van der Waals surface area contributed by atoms with Gasteiger partial charge in [-0.3, -0.25) is 0 Å². The topological polar surface area (TPSA) is 79.7 Å². The third-order valence-corrected chi connectivity index (χ3v) is 5.00. The molecule has 0 aliphatic carbocycles. The minimum atomic E-state index is -0.0703. The van der Waals surface area contributed by atoms with Crippen LogP contribution in [0.15, 0.2) is 24.4 Å². The summed E-state index contributed by atoms with van der Waals surface area (Å²) in [5, 5.41) is 12.8. The van der Waals surface area contributed by atoms with Crippen LogP contribution in [0.5, 0.6) is 11.5 Å². The lowest BCUT2D eigenvalue weighted by Gasteiger charge is -2.30. The number of nitrogens with zero attached hydrogens (tertiary/aromatic N) is 3. The predicted octanol–water partition coefficient (Wildman–Crippen LogP) is 2.49. The number of aromatic nitrogens is 2. The monoisotopic (exact) mass is 372 g/mol. The van der Waals surface area contributed by atoms with Gasteiger partial charge in [0.2, 0.25) is 5.95 Å². The largest absolute Gasteiger partial charge is 0.493 e. The molecule has 1 atom stereocenters. The Hall–Kier alpha value is -2.54. The molecule has 7 heteroatoms. The number of rotatable bonds is 7. The lowest BCUT2D eigenvalue weighted by Crippen LogP contribution is -2.33. The third kappa shape index (κ3) is 4.24. The molecule has 2 aromatic rings. The van der Waals surface area contributed by atoms with Gasteiger partial charge in [-0.05, 0) is 41.7 Å². The quantitative estimate of drug-likeness (QED) is 0.773. The van der Waals surface area contributed by atoms with Crippen molar-refractivity contribution in [2.45, 2.75) is 32.9 Å². The molecule has 2 heterocycles. The lowest BCUT2D eigenvalue weighted by molar-refractivity contribution is 0.248. The summed E-state index contributed by atoms with van der Waals surface area (Å²) in [5.41, 5.74) is 2.49. The van der Waals surface area contributed by atoms with Crippen LogP contribution in [0.4, 0.5) is 11.8 Å². The van der Waals surface area contributed by atoms with E-state index in [-0.39, 0.29) is 18.6 Å². The van der Waals surface area contributed by atoms with E-state index in [4.69, 9.17) is 9.47 Å². The van der Waals surface area contributed by atoms with E-state index in [0.29, 0.717) is 5.95 Å². The number of fused-ring (bicyclic) bond motifs is 1. The third-order valence-electron chi connectivity index (χ3n) is 5.00. The van der Waals surface area contributed by atoms with Gasteiger partial charge < -0.3 is 24.8 Å². The fraction of sp³-hybridized carbons (Fsp3) is 0.500. The number of aliphatic hydroxyl groups excluding tert-OH is 1. The average Bonchev–Trinajstić information content (AvgIpc) is 2.70. The molecule has 3 rings (SSSR count). The van der Waals surface area contributed by atoms with E-state index in [9.17, 15) is 5.11 Å². The molecule has 0 amide bonds. The fourth-order valence-electron chi connectivity index (χ4n) is 3.26. The van der Waals surface area contributed by atoms with E-state index in [1.54, 1.807) is 20.4 Å². The molecule has 1 aliphatic heterocycles. The zero-order valence-electron chi connectivity index (χ0n) is 16.4. The second kappa shape index (κ2) is 8.43. The first-order chi connectivity index (χ1) is 13.0. The van der Waals surface area contributed by atoms with E-state index < -0.39 is 0 Å². The van der Waals surface area contributed by atoms with Gasteiger partial charge in [0.25, 0.3) is 0 Å². The van der Waals surface area contributed by atoms with Gasteiger partial charge in [-0.25, -0.2) is 4.98 Å². The van der Waals surface area contributed by atoms with Crippen LogP contribution in [-0.2, 0) is 13.0 Å². The van der Waals surface area contributed by atoms with Crippen LogP contribution in [0, 0.1) is 5.92 Å². The molecule has 1 aromatic carbocycles. The van der Waals surface area contributed by atoms with E-state index >= 15 is 0 Å². The van der Waals surface area contributed by atoms with E-state index in [1.165, 1.54) is 11.1 Å². The van der Waals surface area contributed by atoms with Gasteiger partial charge in [0.1, 0.15) is 5.82 Å². The van der Waals surface area contributed by atoms with Gasteiger partial charge in [0.15, 0.2) is 11.5 Å². The highest BCUT2D eigenvalue weighted by Gasteiger charge is 2.21. The van der Waals surface area contributed by atoms with Crippen molar-refractivity contribution in [1.82, 2.24) is 9.97 Å². The van der Waals surface area contributed by atoms with Crippen LogP contribution < -0.4 is 19.7 Å². The second-order valence-electron chi connectivity index (χ2n) is 7.06. The first kappa shape index (κ1) is 19.2. The van der Waals surface area contributed by atoms with Crippen LogP contribution in [0.2, 0.25) is 0 Å². The van der Waals surface area contributed by atoms with Gasteiger partial charge in [-0.1, -0.05) is 13.8 Å². The van der Waals surface area contributed by atoms with Crippen molar-refractivity contribution in [1.29, 1.82) is 0 Å². The highest BCUT2D eigenvalue weighted by molar-refractivity contribution is 5.52. The Balaban J connectivity index is 1.80. The predicted molar refractivity (Wildman–Crippen MR) is 106 cm³/mol. The molecule has 1 aromatic heterocycles. The number of hydrogen-bond donors (Lipinski definition) is 2. The maximum atomic E-state index is 9.53. The summed E-state index contributed by atoms with van der Waals surface area (Å²) >= 11 is 0. The van der Waals surface area contributed by atoms with Gasteiger partial charge in [-0.15, -0.1) is 0 Å². The number of aliphatic hydroxyl groups is 1. The number of methoxy groups -OCH3 is 2. The molecule has 2 N–H and O–H groups in total. The molecule has 0 fully saturated rings. The lowest BCUT2D eigenvalue weighted by atomic mass is 9.99. The molecular weight excluding hydrogens is 344 g/mol. The minimum absolute atomic E-state index is 0.0456. The Morgan fingerprint density at radius 1 is 1.19 bits per heavy atom. The number of anilines is 2. The molecular formula is C20H28N4O3. The van der Waals surface area contributed by atoms with Crippen molar-refractivity contribution < 1.29 is 14.6 Å². The van der Waals surface area contributed by atoms with Crippen molar-refractivity contribution in [3.63, 3.8) is 0 Å². The summed E-state index contributed by atoms with van der Waals surface area (Å²) in [6.07, 6.45) is 2.66. The van der Waals surface area contributed by atoms with Crippen LogP contribution in [0.3, 0.4) is 0 Å². The van der Waals surface area contributed by atoms with E-state index in [2.05, 4.69) is 40.1 Å². The van der Waals surface area contributed by atoms with Gasteiger partial charge >= 0.3 is 0 Å². The first-order valence-electron chi connectivity index (χ1n) is 9.24. The summed E-state index contributed by atoms with van der Waals surface area (Å²) in [4.78, 5) is 11.2. The highest BCUT2D eigenvalue weighted by atomic mass is 16.5. The summed E-state index contributed by atoms with van der Waals surface area (Å²) in [5.74, 6) is 3.20. The number of ether oxygens (including phenoxy) is 2. The maximum absolute atomic E-state index is 9.53. The maximum Gasteiger partial charge on any atom is 0.224 e. The second-order valence-corrected chi connectivity index (χ2v) is 7.06. The van der Waals surface area contributed by atoms with E-state index in [0.717, 1.165) is 36.8 Å². The van der Waals surface area contributed by atoms with Crippen LogP contribution in [0.1, 0.15) is 25.0 Å². The van der Waals surface area contributed by atoms with Crippen molar-refractivity contribution in [3.05, 3.63) is 35.5 Å². The molecule has 0 saturated carbocycles. The molecule has 0 unspecified atom stereocenters. The summed E-state index contributed by atoms with van der Waals surface area (Å²) in [6.45, 7) is 5.78. The Morgan fingerprint density at radius 2 is 1.89 bits per heavy atom. The highest BCUT2D eigenvalue weighted by Crippen LogP contribution is 2.34. The standard InChI is InChI=1S/C20H28N4O3/c1-13(2)16(12-25)22-20-21-7-5-19(23-20)24-8-6-14-9-17(26-3)18(27-4)10-15(14)11-24/h5,7,9-10,13,16,25H,6,8,11-12H2,1-4H3,(H,21,22,23)/t16-/m0/s1. The van der Waals surface area contributed by atoms with Gasteiger partial charge in [-0.2, -0.15) is 4.98 Å². The van der Waals surface area contributed by atoms with Gasteiger partial charge in [0, 0.05) is 19.3 Å². The Labute approximate surface area is 160 Å². The normalized spacial score (nSPS) is 14.7. The Morgan fingerprint density at radius 3 is 2.52 bits per heavy atom. The molecule has 0 radical (unpaired) electrons.